The van der Waals surface area contributed by atoms with E-state index in [1.807, 2.05) is 24.3 Å². The van der Waals surface area contributed by atoms with Crippen molar-refractivity contribution in [2.45, 2.75) is 17.9 Å². The smallest absolute Gasteiger partial charge is 0.331 e. The molecule has 0 spiro atoms. The lowest BCUT2D eigenvalue weighted by Gasteiger charge is -2.24. The summed E-state index contributed by atoms with van der Waals surface area (Å²) < 4.78 is 28.4. The molecule has 0 aromatic heterocycles. The SMILES string of the molecule is O=C1c2ccccc2C2=C(C3OC3C=C2)C1P(=O)=O. The van der Waals surface area contributed by atoms with Crippen LogP contribution in [-0.2, 0) is 13.9 Å². The molecule has 2 aliphatic carbocycles. The molecule has 0 saturated carbocycles. The van der Waals surface area contributed by atoms with Crippen molar-refractivity contribution in [3.05, 3.63) is 53.1 Å². The zero-order chi connectivity index (χ0) is 13.1. The summed E-state index contributed by atoms with van der Waals surface area (Å²) in [5, 5.41) is 0. The van der Waals surface area contributed by atoms with Gasteiger partial charge < -0.3 is 4.74 Å². The van der Waals surface area contributed by atoms with Crippen LogP contribution in [0.5, 0.6) is 0 Å². The van der Waals surface area contributed by atoms with E-state index in [1.165, 1.54) is 0 Å². The monoisotopic (exact) mass is 272 g/mol. The van der Waals surface area contributed by atoms with E-state index in [0.29, 0.717) is 11.1 Å². The fourth-order valence-corrected chi connectivity index (χ4v) is 3.78. The van der Waals surface area contributed by atoms with Crippen molar-refractivity contribution in [2.24, 2.45) is 0 Å². The lowest BCUT2D eigenvalue weighted by Crippen LogP contribution is -2.29. The Morgan fingerprint density at radius 3 is 2.58 bits per heavy atom. The second kappa shape index (κ2) is 3.62. The van der Waals surface area contributed by atoms with Gasteiger partial charge in [-0.2, -0.15) is 0 Å². The van der Waals surface area contributed by atoms with Gasteiger partial charge in [0.15, 0.2) is 11.4 Å². The largest absolute Gasteiger partial charge is 0.360 e. The molecule has 1 aromatic carbocycles. The fraction of sp³-hybridized carbons (Fsp3) is 0.214. The van der Waals surface area contributed by atoms with Crippen molar-refractivity contribution in [3.8, 4) is 0 Å². The minimum Gasteiger partial charge on any atom is -0.360 e. The minimum absolute atomic E-state index is 0.0609. The molecule has 3 aliphatic rings. The van der Waals surface area contributed by atoms with E-state index in [1.54, 1.807) is 12.1 Å². The Morgan fingerprint density at radius 2 is 1.84 bits per heavy atom. The van der Waals surface area contributed by atoms with Crippen LogP contribution in [-0.4, -0.2) is 23.7 Å². The zero-order valence-corrected chi connectivity index (χ0v) is 10.7. The topological polar surface area (TPSA) is 63.7 Å². The molecule has 19 heavy (non-hydrogen) atoms. The average molecular weight is 272 g/mol. The minimum atomic E-state index is -2.85. The molecular formula is C14H9O4P. The number of ketones is 1. The van der Waals surface area contributed by atoms with Gasteiger partial charge >= 0.3 is 7.68 Å². The van der Waals surface area contributed by atoms with Gasteiger partial charge in [-0.3, -0.25) is 4.79 Å². The predicted octanol–water partition coefficient (Wildman–Crippen LogP) is 2.52. The van der Waals surface area contributed by atoms with Crippen molar-refractivity contribution in [3.63, 3.8) is 0 Å². The van der Waals surface area contributed by atoms with Gasteiger partial charge in [0, 0.05) is 5.56 Å². The Hall–Kier alpha value is -1.77. The third-order valence-corrected chi connectivity index (χ3v) is 4.77. The summed E-state index contributed by atoms with van der Waals surface area (Å²) in [7, 11) is -2.85. The van der Waals surface area contributed by atoms with Crippen molar-refractivity contribution in [1.29, 1.82) is 0 Å². The first-order chi connectivity index (χ1) is 9.18. The maximum atomic E-state index is 12.4. The van der Waals surface area contributed by atoms with Crippen LogP contribution in [0.2, 0.25) is 0 Å². The van der Waals surface area contributed by atoms with Crippen LogP contribution in [0.3, 0.4) is 0 Å². The summed E-state index contributed by atoms with van der Waals surface area (Å²) in [6.45, 7) is 0. The Bertz CT molecular complexity index is 734. The predicted molar refractivity (Wildman–Crippen MR) is 67.6 cm³/mol. The van der Waals surface area contributed by atoms with E-state index in [4.69, 9.17) is 4.74 Å². The summed E-state index contributed by atoms with van der Waals surface area (Å²) in [6, 6.07) is 7.13. The standard InChI is InChI=1S/C14H9O4P/c15-12-9-4-2-1-3-7(9)8-5-6-10-13(18-10)11(8)14(12)19(16)17/h1-6,10,13-14H. The summed E-state index contributed by atoms with van der Waals surface area (Å²) in [6.07, 6.45) is 3.50. The molecule has 1 aliphatic heterocycles. The third kappa shape index (κ3) is 1.41. The molecule has 0 amide bonds. The van der Waals surface area contributed by atoms with E-state index < -0.39 is 13.3 Å². The first kappa shape index (κ1) is 11.1. The molecule has 4 nitrogen and oxygen atoms in total. The molecule has 1 heterocycles. The second-order valence-electron chi connectivity index (χ2n) is 4.85. The lowest BCUT2D eigenvalue weighted by atomic mass is 9.80. The van der Waals surface area contributed by atoms with Gasteiger partial charge in [0.1, 0.15) is 12.2 Å². The van der Waals surface area contributed by atoms with E-state index in [2.05, 4.69) is 0 Å². The number of Topliss-reactive ketones (excluding diaryl/α,β-unsaturated/α-hetero) is 1. The number of allylic oxidation sites excluding steroid dienone is 2. The highest BCUT2D eigenvalue weighted by Crippen LogP contribution is 2.49. The van der Waals surface area contributed by atoms with Crippen LogP contribution in [0.25, 0.3) is 5.57 Å². The molecule has 3 atom stereocenters. The number of epoxide rings is 1. The fourth-order valence-electron chi connectivity index (χ4n) is 2.94. The van der Waals surface area contributed by atoms with Gasteiger partial charge in [0.2, 0.25) is 0 Å². The highest BCUT2D eigenvalue weighted by Gasteiger charge is 2.51. The normalized spacial score (nSPS) is 30.5. The van der Waals surface area contributed by atoms with Crippen LogP contribution in [0.1, 0.15) is 15.9 Å². The molecule has 1 aromatic rings. The van der Waals surface area contributed by atoms with Crippen molar-refractivity contribution >= 4 is 19.0 Å². The number of fused-ring (bicyclic) bond motifs is 4. The molecule has 94 valence electrons. The molecule has 0 N–H and O–H groups in total. The van der Waals surface area contributed by atoms with Gasteiger partial charge in [0.05, 0.1) is 0 Å². The Kier molecular flexibility index (Phi) is 2.12. The molecule has 0 bridgehead atoms. The van der Waals surface area contributed by atoms with E-state index >= 15 is 0 Å². The summed E-state index contributed by atoms with van der Waals surface area (Å²) in [5.74, 6) is -0.338. The number of ether oxygens (including phenoxy) is 1. The van der Waals surface area contributed by atoms with Crippen LogP contribution in [0.15, 0.2) is 42.0 Å². The van der Waals surface area contributed by atoms with Gasteiger partial charge in [-0.1, -0.05) is 36.4 Å². The number of hydrogen-bond donors (Lipinski definition) is 0. The first-order valence-corrected chi connectivity index (χ1v) is 7.28. The molecule has 1 fully saturated rings. The van der Waals surface area contributed by atoms with Crippen LogP contribution in [0, 0.1) is 0 Å². The molecule has 3 unspecified atom stereocenters. The van der Waals surface area contributed by atoms with Gasteiger partial charge in [-0.05, 0) is 16.7 Å². The molecule has 4 rings (SSSR count). The highest BCUT2D eigenvalue weighted by molar-refractivity contribution is 7.34. The molecular weight excluding hydrogens is 263 g/mol. The van der Waals surface area contributed by atoms with Crippen LogP contribution in [0.4, 0.5) is 0 Å². The molecule has 0 radical (unpaired) electrons. The van der Waals surface area contributed by atoms with E-state index in [0.717, 1.165) is 11.1 Å². The zero-order valence-electron chi connectivity index (χ0n) is 9.78. The lowest BCUT2D eigenvalue weighted by molar-refractivity contribution is 0.0991. The number of benzene rings is 1. The van der Waals surface area contributed by atoms with Crippen LogP contribution >= 0.6 is 7.68 Å². The van der Waals surface area contributed by atoms with Gasteiger partial charge in [0.25, 0.3) is 0 Å². The third-order valence-electron chi connectivity index (χ3n) is 3.83. The highest BCUT2D eigenvalue weighted by atomic mass is 31.1. The van der Waals surface area contributed by atoms with Crippen molar-refractivity contribution < 1.29 is 18.7 Å². The van der Waals surface area contributed by atoms with Crippen molar-refractivity contribution in [1.82, 2.24) is 0 Å². The van der Waals surface area contributed by atoms with Crippen molar-refractivity contribution in [2.75, 3.05) is 0 Å². The maximum absolute atomic E-state index is 12.4. The van der Waals surface area contributed by atoms with Crippen LogP contribution < -0.4 is 0 Å². The first-order valence-electron chi connectivity index (χ1n) is 6.03. The number of carbonyl (C=O) groups excluding carboxylic acids is 1. The summed E-state index contributed by atoms with van der Waals surface area (Å²) in [4.78, 5) is 12.4. The number of carbonyl (C=O) groups is 1. The van der Waals surface area contributed by atoms with Gasteiger partial charge in [-0.15, -0.1) is 0 Å². The summed E-state index contributed by atoms with van der Waals surface area (Å²) >= 11 is 0. The van der Waals surface area contributed by atoms with Gasteiger partial charge in [-0.25, -0.2) is 9.13 Å². The van der Waals surface area contributed by atoms with E-state index in [9.17, 15) is 13.9 Å². The molecule has 1 saturated heterocycles. The Morgan fingerprint density at radius 1 is 1.11 bits per heavy atom. The quantitative estimate of drug-likeness (QED) is 0.582. The van der Waals surface area contributed by atoms with E-state index in [-0.39, 0.29) is 18.0 Å². The number of hydrogen-bond acceptors (Lipinski definition) is 4. The Labute approximate surface area is 109 Å². The maximum Gasteiger partial charge on any atom is 0.331 e. The Balaban J connectivity index is 2.04. The molecule has 5 heteroatoms. The number of rotatable bonds is 1. The average Bonchev–Trinajstić information content (AvgIpc) is 3.18. The second-order valence-corrected chi connectivity index (χ2v) is 5.93. The summed E-state index contributed by atoms with van der Waals surface area (Å²) in [5.41, 5.74) is 1.67.